The van der Waals surface area contributed by atoms with Gasteiger partial charge in [0, 0.05) is 6.20 Å². The molecular formula is C18H13N3O2S2. The summed E-state index contributed by atoms with van der Waals surface area (Å²) in [5.41, 5.74) is 1.18. The maximum Gasteiger partial charge on any atom is 0.292 e. The van der Waals surface area contributed by atoms with Crippen molar-refractivity contribution in [3.05, 3.63) is 83.5 Å². The standard InChI is InChI=1S/C18H13N3O2S2/c19-13-15(16-9-4-5-11-20-16)18(14-7-2-1-3-8-14)21-25(22,23)17-10-6-12-24-17/h1-12,15H/b21-18+. The molecule has 0 saturated carbocycles. The highest BCUT2D eigenvalue weighted by molar-refractivity contribution is 7.92. The molecule has 0 bridgehead atoms. The highest BCUT2D eigenvalue weighted by Gasteiger charge is 2.25. The minimum absolute atomic E-state index is 0.138. The Morgan fingerprint density at radius 2 is 1.84 bits per heavy atom. The number of sulfonamides is 1. The van der Waals surface area contributed by atoms with Crippen LogP contribution in [0.5, 0.6) is 0 Å². The predicted octanol–water partition coefficient (Wildman–Crippen LogP) is 3.63. The Hall–Kier alpha value is -2.82. The maximum atomic E-state index is 12.6. The van der Waals surface area contributed by atoms with Crippen LogP contribution in [-0.2, 0) is 10.0 Å². The van der Waals surface area contributed by atoms with Crippen LogP contribution in [0.2, 0.25) is 0 Å². The molecule has 0 fully saturated rings. The van der Waals surface area contributed by atoms with E-state index in [4.69, 9.17) is 0 Å². The second-order valence-electron chi connectivity index (χ2n) is 5.07. The Kier molecular flexibility index (Phi) is 5.03. The van der Waals surface area contributed by atoms with Crippen LogP contribution < -0.4 is 0 Å². The lowest BCUT2D eigenvalue weighted by molar-refractivity contribution is 0.600. The number of hydrogen-bond acceptors (Lipinski definition) is 5. The zero-order valence-electron chi connectivity index (χ0n) is 13.0. The fourth-order valence-electron chi connectivity index (χ4n) is 2.28. The summed E-state index contributed by atoms with van der Waals surface area (Å²) < 4.78 is 29.4. The van der Waals surface area contributed by atoms with E-state index in [1.54, 1.807) is 60.1 Å². The van der Waals surface area contributed by atoms with Gasteiger partial charge in [-0.15, -0.1) is 11.3 Å². The highest BCUT2D eigenvalue weighted by Crippen LogP contribution is 2.24. The van der Waals surface area contributed by atoms with Crippen LogP contribution in [0.1, 0.15) is 17.2 Å². The van der Waals surface area contributed by atoms with Gasteiger partial charge >= 0.3 is 0 Å². The summed E-state index contributed by atoms with van der Waals surface area (Å²) in [6.07, 6.45) is 1.57. The number of hydrogen-bond donors (Lipinski definition) is 0. The third-order valence-electron chi connectivity index (χ3n) is 3.42. The molecule has 124 valence electrons. The third-order valence-corrected chi connectivity index (χ3v) is 6.09. The lowest BCUT2D eigenvalue weighted by Gasteiger charge is -2.12. The summed E-state index contributed by atoms with van der Waals surface area (Å²) in [7, 11) is -3.90. The molecular weight excluding hydrogens is 354 g/mol. The average molecular weight is 367 g/mol. The van der Waals surface area contributed by atoms with Crippen LogP contribution in [-0.4, -0.2) is 19.1 Å². The van der Waals surface area contributed by atoms with Crippen LogP contribution in [0.25, 0.3) is 0 Å². The van der Waals surface area contributed by atoms with E-state index in [0.29, 0.717) is 11.3 Å². The van der Waals surface area contributed by atoms with Crippen molar-refractivity contribution >= 4 is 27.1 Å². The number of benzene rings is 1. The largest absolute Gasteiger partial charge is 0.292 e. The zero-order chi connectivity index (χ0) is 17.7. The number of rotatable bonds is 5. The average Bonchev–Trinajstić information content (AvgIpc) is 3.19. The topological polar surface area (TPSA) is 83.2 Å². The molecule has 1 atom stereocenters. The first kappa shape index (κ1) is 17.0. The van der Waals surface area contributed by atoms with Gasteiger partial charge in [-0.2, -0.15) is 18.1 Å². The van der Waals surface area contributed by atoms with Crippen LogP contribution in [0.4, 0.5) is 0 Å². The molecule has 0 aliphatic heterocycles. The van der Waals surface area contributed by atoms with Crippen molar-refractivity contribution in [3.63, 3.8) is 0 Å². The Bertz CT molecular complexity index is 1010. The van der Waals surface area contributed by atoms with Crippen molar-refractivity contribution in [2.45, 2.75) is 10.1 Å². The SMILES string of the molecule is N#CC(/C(=N/S(=O)(=O)c1cccs1)c1ccccc1)c1ccccn1. The lowest BCUT2D eigenvalue weighted by Crippen LogP contribution is -2.16. The summed E-state index contributed by atoms with van der Waals surface area (Å²) in [4.78, 5) is 4.19. The Morgan fingerprint density at radius 1 is 1.08 bits per heavy atom. The maximum absolute atomic E-state index is 12.6. The molecule has 7 heteroatoms. The van der Waals surface area contributed by atoms with E-state index in [2.05, 4.69) is 15.5 Å². The van der Waals surface area contributed by atoms with E-state index >= 15 is 0 Å². The second kappa shape index (κ2) is 7.38. The van der Waals surface area contributed by atoms with Gasteiger partial charge in [-0.25, -0.2) is 0 Å². The van der Waals surface area contributed by atoms with Crippen molar-refractivity contribution < 1.29 is 8.42 Å². The van der Waals surface area contributed by atoms with Gasteiger partial charge in [0.1, 0.15) is 10.1 Å². The highest BCUT2D eigenvalue weighted by atomic mass is 32.2. The van der Waals surface area contributed by atoms with Crippen molar-refractivity contribution in [2.24, 2.45) is 4.40 Å². The van der Waals surface area contributed by atoms with Gasteiger partial charge < -0.3 is 0 Å². The number of nitriles is 1. The molecule has 2 heterocycles. The van der Waals surface area contributed by atoms with Crippen molar-refractivity contribution in [1.29, 1.82) is 5.26 Å². The van der Waals surface area contributed by atoms with Gasteiger partial charge in [-0.05, 0) is 29.1 Å². The predicted molar refractivity (Wildman–Crippen MR) is 97.1 cm³/mol. The normalized spacial score (nSPS) is 13.2. The van der Waals surface area contributed by atoms with E-state index in [1.807, 2.05) is 6.07 Å². The Labute approximate surface area is 150 Å². The molecule has 0 amide bonds. The fraction of sp³-hybridized carbons (Fsp3) is 0.0556. The van der Waals surface area contributed by atoms with E-state index in [-0.39, 0.29) is 9.92 Å². The van der Waals surface area contributed by atoms with Crippen molar-refractivity contribution in [3.8, 4) is 6.07 Å². The van der Waals surface area contributed by atoms with E-state index < -0.39 is 15.9 Å². The fourth-order valence-corrected chi connectivity index (χ4v) is 4.30. The van der Waals surface area contributed by atoms with Crippen molar-refractivity contribution in [1.82, 2.24) is 4.98 Å². The second-order valence-corrected chi connectivity index (χ2v) is 7.85. The summed E-state index contributed by atoms with van der Waals surface area (Å²) in [5, 5.41) is 11.3. The number of nitrogens with zero attached hydrogens (tertiary/aromatic N) is 3. The smallest absolute Gasteiger partial charge is 0.259 e. The number of aromatic nitrogens is 1. The van der Waals surface area contributed by atoms with E-state index in [1.165, 1.54) is 6.07 Å². The first-order valence-electron chi connectivity index (χ1n) is 7.36. The van der Waals surface area contributed by atoms with Crippen LogP contribution >= 0.6 is 11.3 Å². The number of thiophene rings is 1. The first-order chi connectivity index (χ1) is 12.1. The molecule has 25 heavy (non-hydrogen) atoms. The summed E-state index contributed by atoms with van der Waals surface area (Å²) in [6, 6.07) is 19.3. The molecule has 2 aromatic heterocycles. The Morgan fingerprint density at radius 3 is 2.44 bits per heavy atom. The molecule has 5 nitrogen and oxygen atoms in total. The summed E-state index contributed by atoms with van der Waals surface area (Å²) in [5.74, 6) is -0.890. The molecule has 0 N–H and O–H groups in total. The monoisotopic (exact) mass is 367 g/mol. The van der Waals surface area contributed by atoms with Crippen molar-refractivity contribution in [2.75, 3.05) is 0 Å². The van der Waals surface area contributed by atoms with Gasteiger partial charge in [0.15, 0.2) is 0 Å². The van der Waals surface area contributed by atoms with Crippen LogP contribution in [0.3, 0.4) is 0 Å². The van der Waals surface area contributed by atoms with E-state index in [0.717, 1.165) is 11.3 Å². The minimum atomic E-state index is -3.90. The molecule has 1 unspecified atom stereocenters. The van der Waals surface area contributed by atoms with Crippen LogP contribution in [0.15, 0.2) is 80.8 Å². The summed E-state index contributed by atoms with van der Waals surface area (Å²) in [6.45, 7) is 0. The molecule has 3 aromatic rings. The van der Waals surface area contributed by atoms with Crippen LogP contribution in [0, 0.1) is 11.3 Å². The molecule has 0 saturated heterocycles. The third kappa shape index (κ3) is 3.82. The first-order valence-corrected chi connectivity index (χ1v) is 9.68. The molecule has 0 aliphatic rings. The van der Waals surface area contributed by atoms with Gasteiger partial charge in [-0.1, -0.05) is 42.5 Å². The molecule has 1 aromatic carbocycles. The van der Waals surface area contributed by atoms with E-state index in [9.17, 15) is 13.7 Å². The summed E-state index contributed by atoms with van der Waals surface area (Å²) >= 11 is 1.09. The van der Waals surface area contributed by atoms with Gasteiger partial charge in [0.05, 0.1) is 17.5 Å². The van der Waals surface area contributed by atoms with Gasteiger partial charge in [-0.3, -0.25) is 4.98 Å². The molecule has 0 aliphatic carbocycles. The van der Waals surface area contributed by atoms with Gasteiger partial charge in [0.2, 0.25) is 0 Å². The quantitative estimate of drug-likeness (QED) is 0.645. The molecule has 3 rings (SSSR count). The number of pyridine rings is 1. The minimum Gasteiger partial charge on any atom is -0.259 e. The molecule has 0 radical (unpaired) electrons. The zero-order valence-corrected chi connectivity index (χ0v) is 14.6. The molecule has 0 spiro atoms. The Balaban J connectivity index is 2.18. The van der Waals surface area contributed by atoms with Gasteiger partial charge in [0.25, 0.3) is 10.0 Å². The lowest BCUT2D eigenvalue weighted by atomic mass is 9.94.